The van der Waals surface area contributed by atoms with Gasteiger partial charge in [0.2, 0.25) is 0 Å². The fraction of sp³-hybridized carbons (Fsp3) is 0.333. The Morgan fingerprint density at radius 2 is 2.15 bits per heavy atom. The van der Waals surface area contributed by atoms with E-state index in [9.17, 15) is 19.7 Å². The zero-order chi connectivity index (χ0) is 15.3. The van der Waals surface area contributed by atoms with Gasteiger partial charge in [0.1, 0.15) is 5.56 Å². The maximum Gasteiger partial charge on any atom is 0.305 e. The number of rotatable bonds is 6. The van der Waals surface area contributed by atoms with E-state index in [4.69, 9.17) is 16.7 Å². The molecule has 0 aliphatic heterocycles. The molecule has 0 fully saturated rings. The summed E-state index contributed by atoms with van der Waals surface area (Å²) in [5.41, 5.74) is -0.678. The SMILES string of the molecule is CCC(CC(=O)O)NC(=O)c1c(Cl)cccc1[N+](=O)[O-]. The van der Waals surface area contributed by atoms with Crippen molar-refractivity contribution in [3.05, 3.63) is 38.9 Å². The molecule has 0 saturated heterocycles. The maximum atomic E-state index is 12.0. The predicted molar refractivity (Wildman–Crippen MR) is 71.9 cm³/mol. The molecule has 1 unspecified atom stereocenters. The predicted octanol–water partition coefficient (Wildman–Crippen LogP) is 2.23. The third kappa shape index (κ3) is 3.92. The van der Waals surface area contributed by atoms with E-state index in [2.05, 4.69) is 5.32 Å². The molecule has 0 spiro atoms. The van der Waals surface area contributed by atoms with Crippen LogP contribution < -0.4 is 5.32 Å². The summed E-state index contributed by atoms with van der Waals surface area (Å²) in [6, 6.07) is 3.28. The molecule has 0 aliphatic rings. The molecule has 7 nitrogen and oxygen atoms in total. The summed E-state index contributed by atoms with van der Waals surface area (Å²) in [6.45, 7) is 1.70. The summed E-state index contributed by atoms with van der Waals surface area (Å²) in [4.78, 5) is 32.9. The minimum Gasteiger partial charge on any atom is -0.481 e. The Labute approximate surface area is 119 Å². The van der Waals surface area contributed by atoms with E-state index in [0.717, 1.165) is 0 Å². The number of carboxylic acid groups (broad SMARTS) is 1. The summed E-state index contributed by atoms with van der Waals surface area (Å²) in [6.07, 6.45) is 0.122. The van der Waals surface area contributed by atoms with E-state index >= 15 is 0 Å². The highest BCUT2D eigenvalue weighted by Gasteiger charge is 2.25. The van der Waals surface area contributed by atoms with Gasteiger partial charge < -0.3 is 10.4 Å². The first kappa shape index (κ1) is 15.9. The van der Waals surface area contributed by atoms with E-state index in [1.807, 2.05) is 0 Å². The van der Waals surface area contributed by atoms with Crippen LogP contribution in [0.5, 0.6) is 0 Å². The van der Waals surface area contributed by atoms with E-state index in [1.54, 1.807) is 6.92 Å². The molecule has 0 bridgehead atoms. The molecular weight excluding hydrogens is 288 g/mol. The Bertz CT molecular complexity index is 547. The van der Waals surface area contributed by atoms with Crippen molar-refractivity contribution in [1.29, 1.82) is 0 Å². The number of nitrogens with one attached hydrogen (secondary N) is 1. The average molecular weight is 301 g/mol. The fourth-order valence-electron chi connectivity index (χ4n) is 1.66. The molecule has 0 radical (unpaired) electrons. The van der Waals surface area contributed by atoms with Crippen LogP contribution in [0.2, 0.25) is 5.02 Å². The smallest absolute Gasteiger partial charge is 0.305 e. The maximum absolute atomic E-state index is 12.0. The molecule has 108 valence electrons. The van der Waals surface area contributed by atoms with Gasteiger partial charge in [0, 0.05) is 12.1 Å². The van der Waals surface area contributed by atoms with Crippen molar-refractivity contribution in [3.63, 3.8) is 0 Å². The molecule has 1 amide bonds. The molecule has 0 saturated carbocycles. The van der Waals surface area contributed by atoms with E-state index in [-0.39, 0.29) is 17.0 Å². The highest BCUT2D eigenvalue weighted by Crippen LogP contribution is 2.26. The van der Waals surface area contributed by atoms with Gasteiger partial charge >= 0.3 is 5.97 Å². The van der Waals surface area contributed by atoms with Gasteiger partial charge in [-0.05, 0) is 12.5 Å². The molecule has 1 atom stereocenters. The van der Waals surface area contributed by atoms with Crippen LogP contribution >= 0.6 is 11.6 Å². The summed E-state index contributed by atoms with van der Waals surface area (Å²) >= 11 is 5.82. The molecule has 1 rings (SSSR count). The van der Waals surface area contributed by atoms with Gasteiger partial charge in [0.15, 0.2) is 0 Å². The van der Waals surface area contributed by atoms with Crippen LogP contribution in [-0.4, -0.2) is 27.9 Å². The number of nitrogens with zero attached hydrogens (tertiary/aromatic N) is 1. The molecule has 8 heteroatoms. The van der Waals surface area contributed by atoms with E-state index in [0.29, 0.717) is 6.42 Å². The summed E-state index contributed by atoms with van der Waals surface area (Å²) in [7, 11) is 0. The second-order valence-electron chi connectivity index (χ2n) is 4.07. The molecule has 20 heavy (non-hydrogen) atoms. The van der Waals surface area contributed by atoms with Gasteiger partial charge in [-0.15, -0.1) is 0 Å². The molecule has 0 heterocycles. The Balaban J connectivity index is 3.03. The van der Waals surface area contributed by atoms with Crippen LogP contribution in [0.4, 0.5) is 5.69 Å². The Morgan fingerprint density at radius 1 is 1.50 bits per heavy atom. The molecular formula is C12H13ClN2O5. The lowest BCUT2D eigenvalue weighted by atomic mass is 10.1. The fourth-order valence-corrected chi connectivity index (χ4v) is 1.91. The minimum atomic E-state index is -1.06. The molecule has 1 aromatic rings. The molecule has 0 aromatic heterocycles. The number of benzene rings is 1. The Morgan fingerprint density at radius 3 is 2.65 bits per heavy atom. The first-order chi connectivity index (χ1) is 9.36. The number of hydrogen-bond donors (Lipinski definition) is 2. The van der Waals surface area contributed by atoms with Gasteiger partial charge in [-0.3, -0.25) is 19.7 Å². The summed E-state index contributed by atoms with van der Waals surface area (Å²) < 4.78 is 0. The second kappa shape index (κ2) is 6.85. The summed E-state index contributed by atoms with van der Waals surface area (Å²) in [5, 5.41) is 22.0. The second-order valence-corrected chi connectivity index (χ2v) is 4.47. The van der Waals surface area contributed by atoms with E-state index in [1.165, 1.54) is 18.2 Å². The van der Waals surface area contributed by atoms with Crippen LogP contribution in [0.3, 0.4) is 0 Å². The first-order valence-electron chi connectivity index (χ1n) is 5.82. The first-order valence-corrected chi connectivity index (χ1v) is 6.20. The molecule has 2 N–H and O–H groups in total. The molecule has 1 aromatic carbocycles. The number of carboxylic acids is 1. The highest BCUT2D eigenvalue weighted by atomic mass is 35.5. The monoisotopic (exact) mass is 300 g/mol. The lowest BCUT2D eigenvalue weighted by Crippen LogP contribution is -2.36. The standard InChI is InChI=1S/C12H13ClN2O5/c1-2-7(6-10(16)17)14-12(18)11-8(13)4-3-5-9(11)15(19)20/h3-5,7H,2,6H2,1H3,(H,14,18)(H,16,17). The Kier molecular flexibility index (Phi) is 5.45. The van der Waals surface area contributed by atoms with Gasteiger partial charge in [0.25, 0.3) is 11.6 Å². The van der Waals surface area contributed by atoms with Crippen LogP contribution in [-0.2, 0) is 4.79 Å². The van der Waals surface area contributed by atoms with Crippen molar-refractivity contribution in [3.8, 4) is 0 Å². The van der Waals surface area contributed by atoms with E-state index < -0.39 is 28.5 Å². The zero-order valence-electron chi connectivity index (χ0n) is 10.6. The van der Waals surface area contributed by atoms with Gasteiger partial charge in [-0.25, -0.2) is 0 Å². The van der Waals surface area contributed by atoms with Crippen molar-refractivity contribution in [2.24, 2.45) is 0 Å². The largest absolute Gasteiger partial charge is 0.481 e. The number of nitro groups is 1. The number of hydrogen-bond acceptors (Lipinski definition) is 4. The van der Waals surface area contributed by atoms with Crippen LogP contribution in [0.1, 0.15) is 30.1 Å². The molecule has 0 aliphatic carbocycles. The lowest BCUT2D eigenvalue weighted by Gasteiger charge is -2.15. The number of halogens is 1. The van der Waals surface area contributed by atoms with Gasteiger partial charge in [0.05, 0.1) is 16.4 Å². The van der Waals surface area contributed by atoms with Crippen molar-refractivity contribution in [1.82, 2.24) is 5.32 Å². The van der Waals surface area contributed by atoms with Crippen LogP contribution in [0.25, 0.3) is 0 Å². The quantitative estimate of drug-likeness (QED) is 0.618. The van der Waals surface area contributed by atoms with Gasteiger partial charge in [-0.1, -0.05) is 24.6 Å². The van der Waals surface area contributed by atoms with Crippen LogP contribution in [0.15, 0.2) is 18.2 Å². The van der Waals surface area contributed by atoms with Crippen molar-refractivity contribution < 1.29 is 19.6 Å². The normalized spacial score (nSPS) is 11.7. The van der Waals surface area contributed by atoms with Crippen molar-refractivity contribution >= 4 is 29.2 Å². The highest BCUT2D eigenvalue weighted by molar-refractivity contribution is 6.34. The third-order valence-corrected chi connectivity index (χ3v) is 2.98. The minimum absolute atomic E-state index is 0.0538. The number of carbonyl (C=O) groups is 2. The topological polar surface area (TPSA) is 110 Å². The number of aliphatic carboxylic acids is 1. The summed E-state index contributed by atoms with van der Waals surface area (Å²) in [5.74, 6) is -1.82. The van der Waals surface area contributed by atoms with Crippen molar-refractivity contribution in [2.75, 3.05) is 0 Å². The van der Waals surface area contributed by atoms with Gasteiger partial charge in [-0.2, -0.15) is 0 Å². The zero-order valence-corrected chi connectivity index (χ0v) is 11.4. The average Bonchev–Trinajstić information content (AvgIpc) is 2.36. The number of carbonyl (C=O) groups excluding carboxylic acids is 1. The Hall–Kier alpha value is -2.15. The van der Waals surface area contributed by atoms with Crippen LogP contribution in [0, 0.1) is 10.1 Å². The number of nitro benzene ring substituents is 1. The lowest BCUT2D eigenvalue weighted by molar-refractivity contribution is -0.385. The number of amides is 1. The van der Waals surface area contributed by atoms with Crippen molar-refractivity contribution in [2.45, 2.75) is 25.8 Å². The third-order valence-electron chi connectivity index (χ3n) is 2.66.